The van der Waals surface area contributed by atoms with E-state index in [0.29, 0.717) is 42.1 Å². The van der Waals surface area contributed by atoms with E-state index in [1.807, 2.05) is 0 Å². The molecule has 1 N–H and O–H groups in total. The molecule has 6 heteroatoms. The summed E-state index contributed by atoms with van der Waals surface area (Å²) >= 11 is 2.19. The molecule has 1 amide bonds. The average molecular weight is 386 g/mol. The van der Waals surface area contributed by atoms with Crippen LogP contribution in [0.2, 0.25) is 0 Å². The third kappa shape index (κ3) is 5.60. The summed E-state index contributed by atoms with van der Waals surface area (Å²) in [6, 6.07) is 0. The Bertz CT molecular complexity index is 442. The number of carbonyl (C=O) groups excluding carboxylic acids is 1. The van der Waals surface area contributed by atoms with Gasteiger partial charge in [-0.25, -0.2) is 5.06 Å². The van der Waals surface area contributed by atoms with Crippen molar-refractivity contribution in [3.8, 4) is 0 Å². The van der Waals surface area contributed by atoms with Gasteiger partial charge in [0.05, 0.1) is 18.8 Å². The number of hydroxylamine groups is 2. The first kappa shape index (κ1) is 20.4. The topological polar surface area (TPSA) is 59.0 Å². The summed E-state index contributed by atoms with van der Waals surface area (Å²) in [4.78, 5) is 11.3. The van der Waals surface area contributed by atoms with Gasteiger partial charge in [0.2, 0.25) is 5.91 Å². The highest BCUT2D eigenvalue weighted by atomic mass is 32.2. The Morgan fingerprint density at radius 1 is 1.12 bits per heavy atom. The summed E-state index contributed by atoms with van der Waals surface area (Å²) in [5, 5.41) is 10.6. The van der Waals surface area contributed by atoms with Crippen LogP contribution in [0.25, 0.3) is 0 Å². The fourth-order valence-corrected chi connectivity index (χ4v) is 6.30. The summed E-state index contributed by atoms with van der Waals surface area (Å²) in [6.07, 6.45) is 12.3. The Morgan fingerprint density at radius 2 is 1.85 bits per heavy atom. The lowest BCUT2D eigenvalue weighted by atomic mass is 9.81. The van der Waals surface area contributed by atoms with Gasteiger partial charge < -0.3 is 9.47 Å². The molecule has 0 aromatic carbocycles. The zero-order valence-electron chi connectivity index (χ0n) is 16.1. The van der Waals surface area contributed by atoms with Crippen molar-refractivity contribution in [2.75, 3.05) is 26.0 Å². The molecule has 3 rings (SSSR count). The fraction of sp³-hybridized carbons (Fsp3) is 0.950. The largest absolute Gasteiger partial charge is 0.381 e. The van der Waals surface area contributed by atoms with Gasteiger partial charge in [-0.15, -0.1) is 0 Å². The van der Waals surface area contributed by atoms with Gasteiger partial charge in [-0.3, -0.25) is 10.0 Å². The van der Waals surface area contributed by atoms with Crippen molar-refractivity contribution in [3.63, 3.8) is 0 Å². The van der Waals surface area contributed by atoms with E-state index in [0.717, 1.165) is 24.7 Å². The Morgan fingerprint density at radius 3 is 2.58 bits per heavy atom. The molecule has 4 atom stereocenters. The molecule has 2 bridgehead atoms. The SMILES string of the molecule is CN(O)C(=O)CCCCOC[C@H]1[C@@H](CSC2CCCCC2)[C@H]2CC[C@@H]1O2. The quantitative estimate of drug-likeness (QED) is 0.351. The number of hydrogen-bond acceptors (Lipinski definition) is 5. The fourth-order valence-electron chi connectivity index (χ4n) is 4.67. The molecule has 0 aromatic heterocycles. The van der Waals surface area contributed by atoms with E-state index in [1.165, 1.54) is 57.7 Å². The van der Waals surface area contributed by atoms with Gasteiger partial charge in [0.1, 0.15) is 0 Å². The number of unbranched alkanes of at least 4 members (excludes halogenated alkanes) is 1. The standard InChI is InChI=1S/C20H35NO4S/c1-21(23)20(22)9-5-6-12-24-13-16-17(19-11-10-18(16)25-19)14-26-15-7-3-2-4-8-15/h15-19,23H,2-14H2,1H3/t16-,17+,18-,19+/m0/s1. The zero-order chi connectivity index (χ0) is 18.4. The second kappa shape index (κ2) is 10.3. The van der Waals surface area contributed by atoms with Gasteiger partial charge in [-0.2, -0.15) is 11.8 Å². The molecule has 3 aliphatic rings. The number of carbonyl (C=O) groups is 1. The maximum Gasteiger partial charge on any atom is 0.245 e. The second-order valence-electron chi connectivity index (χ2n) is 8.16. The minimum atomic E-state index is -0.230. The van der Waals surface area contributed by atoms with Crippen LogP contribution in [-0.4, -0.2) is 59.6 Å². The van der Waals surface area contributed by atoms with Crippen LogP contribution in [-0.2, 0) is 14.3 Å². The number of ether oxygens (including phenoxy) is 2. The predicted molar refractivity (Wildman–Crippen MR) is 103 cm³/mol. The third-order valence-corrected chi connectivity index (χ3v) is 7.79. The predicted octanol–water partition coefficient (Wildman–Crippen LogP) is 3.88. The molecule has 1 saturated carbocycles. The molecule has 0 aromatic rings. The van der Waals surface area contributed by atoms with Crippen molar-refractivity contribution < 1.29 is 19.5 Å². The van der Waals surface area contributed by atoms with Gasteiger partial charge in [0.15, 0.2) is 0 Å². The van der Waals surface area contributed by atoms with Crippen LogP contribution in [0, 0.1) is 11.8 Å². The molecule has 3 fully saturated rings. The summed E-state index contributed by atoms with van der Waals surface area (Å²) in [6.45, 7) is 1.49. The lowest BCUT2D eigenvalue weighted by Crippen LogP contribution is -2.33. The number of fused-ring (bicyclic) bond motifs is 2. The molecule has 26 heavy (non-hydrogen) atoms. The minimum Gasteiger partial charge on any atom is -0.381 e. The zero-order valence-corrected chi connectivity index (χ0v) is 16.9. The monoisotopic (exact) mass is 385 g/mol. The molecule has 0 unspecified atom stereocenters. The highest BCUT2D eigenvalue weighted by Gasteiger charge is 2.48. The third-order valence-electron chi connectivity index (χ3n) is 6.27. The van der Waals surface area contributed by atoms with Crippen LogP contribution >= 0.6 is 11.8 Å². The smallest absolute Gasteiger partial charge is 0.245 e. The van der Waals surface area contributed by atoms with Crippen LogP contribution in [0.3, 0.4) is 0 Å². The van der Waals surface area contributed by atoms with Crippen LogP contribution in [0.5, 0.6) is 0 Å². The highest BCUT2D eigenvalue weighted by molar-refractivity contribution is 7.99. The molecule has 1 aliphatic carbocycles. The molecule has 150 valence electrons. The first-order valence-electron chi connectivity index (χ1n) is 10.5. The summed E-state index contributed by atoms with van der Waals surface area (Å²) in [7, 11) is 1.37. The van der Waals surface area contributed by atoms with Crippen molar-refractivity contribution in [2.24, 2.45) is 11.8 Å². The maximum absolute atomic E-state index is 11.3. The lowest BCUT2D eigenvalue weighted by molar-refractivity contribution is -0.159. The molecule has 0 spiro atoms. The first-order valence-corrected chi connectivity index (χ1v) is 11.5. The van der Waals surface area contributed by atoms with E-state index in [-0.39, 0.29) is 5.91 Å². The van der Waals surface area contributed by atoms with Crippen LogP contribution in [0.15, 0.2) is 0 Å². The van der Waals surface area contributed by atoms with E-state index < -0.39 is 0 Å². The molecule has 5 nitrogen and oxygen atoms in total. The number of hydrogen-bond donors (Lipinski definition) is 1. The van der Waals surface area contributed by atoms with Crippen LogP contribution in [0.4, 0.5) is 0 Å². The second-order valence-corrected chi connectivity index (χ2v) is 9.49. The van der Waals surface area contributed by atoms with Crippen molar-refractivity contribution in [1.82, 2.24) is 5.06 Å². The Balaban J connectivity index is 1.33. The number of rotatable bonds is 10. The van der Waals surface area contributed by atoms with E-state index in [4.69, 9.17) is 14.7 Å². The Kier molecular flexibility index (Phi) is 8.10. The van der Waals surface area contributed by atoms with Crippen molar-refractivity contribution in [2.45, 2.75) is 81.7 Å². The van der Waals surface area contributed by atoms with Crippen molar-refractivity contribution in [1.29, 1.82) is 0 Å². The van der Waals surface area contributed by atoms with E-state index >= 15 is 0 Å². The van der Waals surface area contributed by atoms with Gasteiger partial charge >= 0.3 is 0 Å². The van der Waals surface area contributed by atoms with Crippen molar-refractivity contribution >= 4 is 17.7 Å². The molecular weight excluding hydrogens is 350 g/mol. The maximum atomic E-state index is 11.3. The Hall–Kier alpha value is -0.300. The number of thioether (sulfide) groups is 1. The highest BCUT2D eigenvalue weighted by Crippen LogP contribution is 2.46. The molecule has 0 radical (unpaired) electrons. The number of amides is 1. The summed E-state index contributed by atoms with van der Waals surface area (Å²) in [5.74, 6) is 2.21. The average Bonchev–Trinajstić information content (AvgIpc) is 3.25. The van der Waals surface area contributed by atoms with E-state index in [2.05, 4.69) is 11.8 Å². The molecular formula is C20H35NO4S. The van der Waals surface area contributed by atoms with Gasteiger partial charge in [0.25, 0.3) is 0 Å². The first-order chi connectivity index (χ1) is 12.6. The number of nitrogens with zero attached hydrogens (tertiary/aromatic N) is 1. The molecule has 2 aliphatic heterocycles. The van der Waals surface area contributed by atoms with E-state index in [1.54, 1.807) is 0 Å². The molecule has 2 heterocycles. The van der Waals surface area contributed by atoms with Gasteiger partial charge in [-0.1, -0.05) is 19.3 Å². The normalized spacial score (nSPS) is 31.5. The van der Waals surface area contributed by atoms with Gasteiger partial charge in [-0.05, 0) is 44.3 Å². The lowest BCUT2D eigenvalue weighted by Gasteiger charge is -2.30. The van der Waals surface area contributed by atoms with Crippen LogP contribution in [0.1, 0.15) is 64.2 Å². The summed E-state index contributed by atoms with van der Waals surface area (Å²) in [5.41, 5.74) is 0. The Labute approximate surface area is 162 Å². The summed E-state index contributed by atoms with van der Waals surface area (Å²) < 4.78 is 12.2. The minimum absolute atomic E-state index is 0.230. The van der Waals surface area contributed by atoms with E-state index in [9.17, 15) is 4.79 Å². The van der Waals surface area contributed by atoms with Crippen LogP contribution < -0.4 is 0 Å². The van der Waals surface area contributed by atoms with Crippen molar-refractivity contribution in [3.05, 3.63) is 0 Å². The molecule has 2 saturated heterocycles. The van der Waals surface area contributed by atoms with Gasteiger partial charge in [0, 0.05) is 37.2 Å².